The molecule has 0 spiro atoms. The van der Waals surface area contributed by atoms with E-state index in [1.54, 1.807) is 36.4 Å². The van der Waals surface area contributed by atoms with Crippen LogP contribution in [0.2, 0.25) is 0 Å². The summed E-state index contributed by atoms with van der Waals surface area (Å²) in [4.78, 5) is 42.1. The number of carbonyl (C=O) groups is 1. The van der Waals surface area contributed by atoms with Crippen molar-refractivity contribution in [3.05, 3.63) is 69.3 Å². The Morgan fingerprint density at radius 3 is 2.72 bits per heavy atom. The number of anilines is 2. The smallest absolute Gasteiger partial charge is 0.330 e. The Morgan fingerprint density at radius 2 is 2.00 bits per heavy atom. The average molecular weight is 440 g/mol. The van der Waals surface area contributed by atoms with Crippen LogP contribution in [0.15, 0.2) is 56.7 Å². The molecule has 3 N–H and O–H groups in total. The highest BCUT2D eigenvalue weighted by Gasteiger charge is 2.35. The minimum atomic E-state index is -1.02. The molecular formula is C22H24N4O6. The maximum Gasteiger partial charge on any atom is 0.330 e. The standard InChI is InChI=1S/C22H24N4O6/c1-2-3-10-25-19(23)18(20(27)24-22(25)29)26(12-14-7-6-11-30-14)21(28)17-13-31-15-8-4-5-9-16(15)32-17/h4-9,11,17H,2-3,10,12-13,23H2,1H3,(H,24,27,29)/t17-/m0/s1. The molecule has 0 saturated heterocycles. The van der Waals surface area contributed by atoms with E-state index in [-0.39, 0.29) is 24.7 Å². The molecule has 0 fully saturated rings. The minimum absolute atomic E-state index is 0.0439. The highest BCUT2D eigenvalue weighted by molar-refractivity contribution is 5.98. The van der Waals surface area contributed by atoms with E-state index in [0.29, 0.717) is 30.2 Å². The quantitative estimate of drug-likeness (QED) is 0.573. The summed E-state index contributed by atoms with van der Waals surface area (Å²) in [5, 5.41) is 0. The molecule has 1 atom stereocenters. The Labute approximate surface area is 183 Å². The van der Waals surface area contributed by atoms with Crippen LogP contribution in [-0.2, 0) is 17.9 Å². The Bertz CT molecular complexity index is 1210. The van der Waals surface area contributed by atoms with Crippen molar-refractivity contribution in [1.82, 2.24) is 9.55 Å². The molecule has 1 aliphatic rings. The normalized spacial score (nSPS) is 14.8. The Morgan fingerprint density at radius 1 is 1.22 bits per heavy atom. The summed E-state index contributed by atoms with van der Waals surface area (Å²) in [6.07, 6.45) is 1.94. The van der Waals surface area contributed by atoms with E-state index < -0.39 is 23.3 Å². The molecular weight excluding hydrogens is 416 g/mol. The van der Waals surface area contributed by atoms with Gasteiger partial charge in [-0.1, -0.05) is 25.5 Å². The predicted octanol–water partition coefficient (Wildman–Crippen LogP) is 1.89. The summed E-state index contributed by atoms with van der Waals surface area (Å²) < 4.78 is 18.2. The van der Waals surface area contributed by atoms with Crippen molar-refractivity contribution in [2.75, 3.05) is 17.2 Å². The number of amides is 1. The van der Waals surface area contributed by atoms with Crippen molar-refractivity contribution in [2.45, 2.75) is 39.0 Å². The van der Waals surface area contributed by atoms with Crippen LogP contribution in [0.25, 0.3) is 0 Å². The zero-order valence-corrected chi connectivity index (χ0v) is 17.6. The fourth-order valence-electron chi connectivity index (χ4n) is 3.52. The first-order valence-electron chi connectivity index (χ1n) is 10.3. The molecule has 3 aromatic rings. The number of aromatic amines is 1. The summed E-state index contributed by atoms with van der Waals surface area (Å²) >= 11 is 0. The van der Waals surface area contributed by atoms with Crippen LogP contribution >= 0.6 is 0 Å². The number of nitrogens with zero attached hydrogens (tertiary/aromatic N) is 2. The number of nitrogen functional groups attached to an aromatic ring is 1. The minimum Gasteiger partial charge on any atom is -0.485 e. The number of furan rings is 1. The second-order valence-electron chi connectivity index (χ2n) is 7.37. The van der Waals surface area contributed by atoms with Gasteiger partial charge in [-0.3, -0.25) is 24.0 Å². The van der Waals surface area contributed by atoms with E-state index in [9.17, 15) is 14.4 Å². The Hall–Kier alpha value is -3.95. The van der Waals surface area contributed by atoms with Crippen molar-refractivity contribution < 1.29 is 18.7 Å². The second-order valence-corrected chi connectivity index (χ2v) is 7.37. The van der Waals surface area contributed by atoms with Gasteiger partial charge in [-0.2, -0.15) is 0 Å². The van der Waals surface area contributed by atoms with Gasteiger partial charge in [0, 0.05) is 6.54 Å². The number of benzene rings is 1. The molecule has 1 aromatic carbocycles. The predicted molar refractivity (Wildman–Crippen MR) is 117 cm³/mol. The van der Waals surface area contributed by atoms with E-state index >= 15 is 0 Å². The van der Waals surface area contributed by atoms with Crippen LogP contribution in [0.4, 0.5) is 11.5 Å². The van der Waals surface area contributed by atoms with E-state index in [1.165, 1.54) is 15.7 Å². The van der Waals surface area contributed by atoms with Crippen molar-refractivity contribution in [1.29, 1.82) is 0 Å². The maximum absolute atomic E-state index is 13.5. The van der Waals surface area contributed by atoms with Crippen LogP contribution in [0.5, 0.6) is 11.5 Å². The van der Waals surface area contributed by atoms with Gasteiger partial charge in [0.1, 0.15) is 18.2 Å². The van der Waals surface area contributed by atoms with Crippen LogP contribution in [0.1, 0.15) is 25.5 Å². The molecule has 3 heterocycles. The monoisotopic (exact) mass is 440 g/mol. The largest absolute Gasteiger partial charge is 0.485 e. The van der Waals surface area contributed by atoms with Crippen molar-refractivity contribution >= 4 is 17.4 Å². The number of hydrogen-bond donors (Lipinski definition) is 2. The number of nitrogens with two attached hydrogens (primary N) is 1. The van der Waals surface area contributed by atoms with E-state index in [2.05, 4.69) is 4.98 Å². The van der Waals surface area contributed by atoms with Gasteiger partial charge in [0.25, 0.3) is 11.5 Å². The molecule has 1 aliphatic heterocycles. The van der Waals surface area contributed by atoms with Gasteiger partial charge >= 0.3 is 5.69 Å². The van der Waals surface area contributed by atoms with Crippen molar-refractivity contribution in [3.63, 3.8) is 0 Å². The molecule has 0 bridgehead atoms. The van der Waals surface area contributed by atoms with Crippen molar-refractivity contribution in [3.8, 4) is 11.5 Å². The fraction of sp³-hybridized carbons (Fsp3) is 0.318. The van der Waals surface area contributed by atoms with Crippen LogP contribution < -0.4 is 31.4 Å². The van der Waals surface area contributed by atoms with Gasteiger partial charge < -0.3 is 19.6 Å². The van der Waals surface area contributed by atoms with Crippen LogP contribution in [-0.4, -0.2) is 28.2 Å². The lowest BCUT2D eigenvalue weighted by molar-refractivity contribution is -0.127. The van der Waals surface area contributed by atoms with Gasteiger partial charge in [0.2, 0.25) is 6.10 Å². The van der Waals surface area contributed by atoms with E-state index in [0.717, 1.165) is 6.42 Å². The Kier molecular flexibility index (Phi) is 6.02. The molecule has 32 heavy (non-hydrogen) atoms. The third kappa shape index (κ3) is 4.11. The highest BCUT2D eigenvalue weighted by atomic mass is 16.6. The number of aromatic nitrogens is 2. The molecule has 2 aromatic heterocycles. The number of ether oxygens (including phenoxy) is 2. The fourth-order valence-corrected chi connectivity index (χ4v) is 3.52. The molecule has 10 nitrogen and oxygen atoms in total. The van der Waals surface area contributed by atoms with Gasteiger partial charge in [0.05, 0.1) is 12.8 Å². The average Bonchev–Trinajstić information content (AvgIpc) is 3.30. The molecule has 1 amide bonds. The molecule has 0 aliphatic carbocycles. The van der Waals surface area contributed by atoms with E-state index in [4.69, 9.17) is 19.6 Å². The number of nitrogens with one attached hydrogen (secondary N) is 1. The SMILES string of the molecule is CCCCn1c(N)c(N(Cc2ccco2)C(=O)[C@@H]2COc3ccccc3O2)c(=O)[nH]c1=O. The van der Waals surface area contributed by atoms with Gasteiger partial charge in [-0.15, -0.1) is 0 Å². The molecule has 10 heteroatoms. The van der Waals surface area contributed by atoms with Gasteiger partial charge in [-0.05, 0) is 30.7 Å². The zero-order valence-electron chi connectivity index (χ0n) is 17.6. The maximum atomic E-state index is 13.5. The summed E-state index contributed by atoms with van der Waals surface area (Å²) in [5.74, 6) is 0.739. The van der Waals surface area contributed by atoms with Crippen molar-refractivity contribution in [2.24, 2.45) is 0 Å². The number of para-hydroxylation sites is 2. The first kappa shape index (κ1) is 21.3. The lowest BCUT2D eigenvalue weighted by Gasteiger charge is -2.30. The highest BCUT2D eigenvalue weighted by Crippen LogP contribution is 2.32. The topological polar surface area (TPSA) is 133 Å². The van der Waals surface area contributed by atoms with Gasteiger partial charge in [0.15, 0.2) is 17.2 Å². The number of rotatable bonds is 7. The summed E-state index contributed by atoms with van der Waals surface area (Å²) in [6.45, 7) is 2.16. The molecule has 4 rings (SSSR count). The number of hydrogen-bond acceptors (Lipinski definition) is 7. The molecule has 0 unspecified atom stereocenters. The van der Waals surface area contributed by atoms with E-state index in [1.807, 2.05) is 6.92 Å². The molecule has 0 saturated carbocycles. The number of carbonyl (C=O) groups excluding carboxylic acids is 1. The lowest BCUT2D eigenvalue weighted by Crippen LogP contribution is -2.49. The number of unbranched alkanes of at least 4 members (excludes halogenated alkanes) is 1. The lowest BCUT2D eigenvalue weighted by atomic mass is 10.2. The second kappa shape index (κ2) is 9.04. The summed E-state index contributed by atoms with van der Waals surface area (Å²) in [6, 6.07) is 10.3. The number of H-pyrrole nitrogens is 1. The van der Waals surface area contributed by atoms with Gasteiger partial charge in [-0.25, -0.2) is 4.79 Å². The Balaban J connectivity index is 1.74. The third-order valence-corrected chi connectivity index (χ3v) is 5.16. The number of fused-ring (bicyclic) bond motifs is 1. The van der Waals surface area contributed by atoms with Crippen LogP contribution in [0.3, 0.4) is 0 Å². The summed E-state index contributed by atoms with van der Waals surface area (Å²) in [7, 11) is 0. The first-order valence-corrected chi connectivity index (χ1v) is 10.3. The summed E-state index contributed by atoms with van der Waals surface area (Å²) in [5.41, 5.74) is 4.72. The molecule has 0 radical (unpaired) electrons. The zero-order chi connectivity index (χ0) is 22.7. The molecule has 168 valence electrons. The van der Waals surface area contributed by atoms with Crippen LogP contribution in [0, 0.1) is 0 Å². The third-order valence-electron chi connectivity index (χ3n) is 5.16. The first-order chi connectivity index (χ1) is 15.5.